The highest BCUT2D eigenvalue weighted by Gasteiger charge is 2.30. The van der Waals surface area contributed by atoms with Crippen LogP contribution in [0, 0.1) is 0 Å². The first-order valence-corrected chi connectivity index (χ1v) is 10.8. The van der Waals surface area contributed by atoms with Crippen LogP contribution in [0.25, 0.3) is 11.3 Å². The minimum absolute atomic E-state index is 0.231. The monoisotopic (exact) mass is 438 g/mol. The zero-order valence-corrected chi connectivity index (χ0v) is 17.6. The highest BCUT2D eigenvalue weighted by atomic mass is 35.5. The van der Waals surface area contributed by atoms with Crippen LogP contribution in [0.1, 0.15) is 23.6 Å². The molecule has 0 aliphatic heterocycles. The Morgan fingerprint density at radius 3 is 2.63 bits per heavy atom. The molecule has 0 fully saturated rings. The number of hydrogen-bond acceptors (Lipinski definition) is 2. The highest BCUT2D eigenvalue weighted by molar-refractivity contribution is 7.83. The molecule has 2 unspecified atom stereocenters. The second kappa shape index (κ2) is 7.61. The fourth-order valence-electron chi connectivity index (χ4n) is 3.63. The molecule has 1 N–H and O–H groups in total. The third-order valence-corrected chi connectivity index (χ3v) is 6.98. The van der Waals surface area contributed by atoms with Crippen molar-refractivity contribution in [3.8, 4) is 11.3 Å². The molecule has 27 heavy (non-hydrogen) atoms. The lowest BCUT2D eigenvalue weighted by Gasteiger charge is -2.13. The predicted octanol–water partition coefficient (Wildman–Crippen LogP) is 5.89. The van der Waals surface area contributed by atoms with E-state index in [-0.39, 0.29) is 6.04 Å². The molecular weight excluding hydrogens is 423 g/mol. The van der Waals surface area contributed by atoms with Gasteiger partial charge in [-0.15, -0.1) is 0 Å². The predicted molar refractivity (Wildman–Crippen MR) is 113 cm³/mol. The van der Waals surface area contributed by atoms with Crippen LogP contribution < -0.4 is 5.32 Å². The van der Waals surface area contributed by atoms with E-state index in [2.05, 4.69) is 5.32 Å². The van der Waals surface area contributed by atoms with Gasteiger partial charge in [0.05, 0.1) is 15.6 Å². The first-order chi connectivity index (χ1) is 13.0. The molecule has 0 saturated carbocycles. The van der Waals surface area contributed by atoms with Gasteiger partial charge in [-0.2, -0.15) is 0 Å². The molecule has 1 aromatic heterocycles. The van der Waals surface area contributed by atoms with Crippen LogP contribution in [0.4, 0.5) is 0 Å². The lowest BCUT2D eigenvalue weighted by Crippen LogP contribution is -2.13. The van der Waals surface area contributed by atoms with Crippen molar-refractivity contribution < 1.29 is 4.21 Å². The van der Waals surface area contributed by atoms with Crippen molar-refractivity contribution in [2.45, 2.75) is 23.8 Å². The number of benzene rings is 2. The zero-order chi connectivity index (χ0) is 19.1. The number of fused-ring (bicyclic) bond motifs is 1. The van der Waals surface area contributed by atoms with Crippen molar-refractivity contribution in [1.82, 2.24) is 9.29 Å². The van der Waals surface area contributed by atoms with Gasteiger partial charge in [-0.05, 0) is 67.4 Å². The molecule has 1 aliphatic carbocycles. The Morgan fingerprint density at radius 1 is 1.11 bits per heavy atom. The third-order valence-electron chi connectivity index (χ3n) is 4.88. The van der Waals surface area contributed by atoms with Crippen molar-refractivity contribution in [3.05, 3.63) is 74.9 Å². The van der Waals surface area contributed by atoms with E-state index in [1.807, 2.05) is 25.4 Å². The number of aromatic nitrogens is 1. The normalized spacial score (nSPS) is 17.1. The minimum Gasteiger partial charge on any atom is -0.313 e. The summed E-state index contributed by atoms with van der Waals surface area (Å²) in [5.41, 5.74) is 3.96. The lowest BCUT2D eigenvalue weighted by molar-refractivity contribution is 0.587. The van der Waals surface area contributed by atoms with Gasteiger partial charge in [0.15, 0.2) is 11.0 Å². The zero-order valence-electron chi connectivity index (χ0n) is 14.5. The van der Waals surface area contributed by atoms with Crippen LogP contribution >= 0.6 is 34.8 Å². The van der Waals surface area contributed by atoms with Gasteiger partial charge in [-0.25, -0.2) is 4.21 Å². The molecule has 0 spiro atoms. The molecule has 1 heterocycles. The van der Waals surface area contributed by atoms with Crippen molar-refractivity contribution in [3.63, 3.8) is 0 Å². The molecule has 0 saturated heterocycles. The van der Waals surface area contributed by atoms with Gasteiger partial charge in [0.25, 0.3) is 0 Å². The van der Waals surface area contributed by atoms with Gasteiger partial charge in [0.1, 0.15) is 0 Å². The molecule has 2 atom stereocenters. The van der Waals surface area contributed by atoms with Gasteiger partial charge in [0, 0.05) is 27.8 Å². The Balaban J connectivity index is 1.94. The van der Waals surface area contributed by atoms with Crippen LogP contribution in [-0.2, 0) is 17.4 Å². The van der Waals surface area contributed by atoms with Crippen molar-refractivity contribution >= 4 is 45.8 Å². The third kappa shape index (κ3) is 3.45. The van der Waals surface area contributed by atoms with E-state index in [4.69, 9.17) is 34.8 Å². The first-order valence-electron chi connectivity index (χ1n) is 8.54. The molecule has 1 aliphatic rings. The van der Waals surface area contributed by atoms with E-state index in [9.17, 15) is 4.21 Å². The highest BCUT2D eigenvalue weighted by Crippen LogP contribution is 2.43. The quantitative estimate of drug-likeness (QED) is 0.549. The molecule has 2 aromatic carbocycles. The van der Waals surface area contributed by atoms with Crippen LogP contribution in [0.2, 0.25) is 15.1 Å². The average molecular weight is 440 g/mol. The Morgan fingerprint density at radius 2 is 1.89 bits per heavy atom. The SMILES string of the molecule is CNC1CCc2c1cn(S(=O)c1cccc(Cl)c1)c2-c1cc(Cl)ccc1Cl. The van der Waals surface area contributed by atoms with E-state index in [0.29, 0.717) is 20.0 Å². The van der Waals surface area contributed by atoms with E-state index >= 15 is 0 Å². The largest absolute Gasteiger partial charge is 0.313 e. The summed E-state index contributed by atoms with van der Waals surface area (Å²) < 4.78 is 15.2. The Bertz CT molecular complexity index is 1050. The van der Waals surface area contributed by atoms with Gasteiger partial charge >= 0.3 is 0 Å². The molecule has 0 amide bonds. The number of nitrogens with one attached hydrogen (secondary N) is 1. The van der Waals surface area contributed by atoms with Crippen LogP contribution in [0.15, 0.2) is 53.6 Å². The maximum atomic E-state index is 13.4. The maximum absolute atomic E-state index is 13.4. The molecule has 0 bridgehead atoms. The summed E-state index contributed by atoms with van der Waals surface area (Å²) in [5, 5.41) is 5.06. The molecular formula is C20H17Cl3N2OS. The Kier molecular flexibility index (Phi) is 5.36. The Labute approximate surface area is 175 Å². The molecule has 4 rings (SSSR count). The number of nitrogens with zero attached hydrogens (tertiary/aromatic N) is 1. The van der Waals surface area contributed by atoms with Gasteiger partial charge in [0.2, 0.25) is 0 Å². The molecule has 140 valence electrons. The molecule has 3 aromatic rings. The topological polar surface area (TPSA) is 34.0 Å². The van der Waals surface area contributed by atoms with E-state index in [0.717, 1.165) is 35.2 Å². The molecule has 0 radical (unpaired) electrons. The maximum Gasteiger partial charge on any atom is 0.157 e. The van der Waals surface area contributed by atoms with Crippen LogP contribution in [0.3, 0.4) is 0 Å². The van der Waals surface area contributed by atoms with E-state index < -0.39 is 11.0 Å². The summed E-state index contributed by atoms with van der Waals surface area (Å²) in [6.07, 6.45) is 3.85. The van der Waals surface area contributed by atoms with E-state index in [1.54, 1.807) is 34.3 Å². The molecule has 7 heteroatoms. The van der Waals surface area contributed by atoms with Crippen molar-refractivity contribution in [2.75, 3.05) is 7.05 Å². The number of halogens is 3. The number of rotatable bonds is 4. The minimum atomic E-state index is -1.46. The summed E-state index contributed by atoms with van der Waals surface area (Å²) in [7, 11) is 0.486. The van der Waals surface area contributed by atoms with Crippen molar-refractivity contribution in [2.24, 2.45) is 0 Å². The van der Waals surface area contributed by atoms with Crippen molar-refractivity contribution in [1.29, 1.82) is 0 Å². The summed E-state index contributed by atoms with van der Waals surface area (Å²) in [5.74, 6) is 0. The fourth-order valence-corrected chi connectivity index (χ4v) is 5.49. The van der Waals surface area contributed by atoms with Crippen LogP contribution in [0.5, 0.6) is 0 Å². The van der Waals surface area contributed by atoms with E-state index in [1.165, 1.54) is 0 Å². The first kappa shape index (κ1) is 19.0. The number of hydrogen-bond donors (Lipinski definition) is 1. The lowest BCUT2D eigenvalue weighted by atomic mass is 10.1. The average Bonchev–Trinajstić information content (AvgIpc) is 3.22. The standard InChI is InChI=1S/C20H17Cl3N2OS/c1-24-19-8-6-15-17(19)11-25(27(26)14-4-2-3-12(21)9-14)20(15)16-10-13(22)5-7-18(16)23/h2-5,7,9-11,19,24H,6,8H2,1H3. The molecule has 3 nitrogen and oxygen atoms in total. The van der Waals surface area contributed by atoms with Gasteiger partial charge in [-0.3, -0.25) is 3.97 Å². The second-order valence-corrected chi connectivity index (χ2v) is 9.09. The smallest absolute Gasteiger partial charge is 0.157 e. The second-order valence-electron chi connectivity index (χ2n) is 6.45. The Hall–Kier alpha value is -1.30. The summed E-state index contributed by atoms with van der Waals surface area (Å²) in [6.45, 7) is 0. The van der Waals surface area contributed by atoms with Gasteiger partial charge < -0.3 is 5.32 Å². The van der Waals surface area contributed by atoms with Crippen LogP contribution in [-0.4, -0.2) is 15.2 Å². The fraction of sp³-hybridized carbons (Fsp3) is 0.200. The summed E-state index contributed by atoms with van der Waals surface area (Å²) in [4.78, 5) is 0.636. The van der Waals surface area contributed by atoms with Gasteiger partial charge in [-0.1, -0.05) is 40.9 Å². The summed E-state index contributed by atoms with van der Waals surface area (Å²) in [6, 6.07) is 12.7. The summed E-state index contributed by atoms with van der Waals surface area (Å²) >= 11 is 18.8.